The molecule has 0 saturated carbocycles. The quantitative estimate of drug-likeness (QED) is 0.554. The van der Waals surface area contributed by atoms with Crippen molar-refractivity contribution in [1.29, 1.82) is 0 Å². The van der Waals surface area contributed by atoms with E-state index in [4.69, 9.17) is 9.60 Å². The molecule has 1 atom stereocenters. The standard InChI is InChI=1S/C22H22F3N/c1-16(20-13-5-10-18-9-2-3-12-21(18)20)26-14-6-8-17-7-4-11-19(15-17)22(23,24)25/h2-5,7,9-13,15-16,26H,6,8,14H2,1H3/t16-/m0/s1/i6D2,8D2,14D2,16D. The van der Waals surface area contributed by atoms with E-state index in [9.17, 15) is 13.2 Å². The third-order valence-electron chi connectivity index (χ3n) is 3.90. The summed E-state index contributed by atoms with van der Waals surface area (Å²) in [6.45, 7) is -1.85. The number of halogens is 3. The van der Waals surface area contributed by atoms with Crippen LogP contribution in [0.2, 0.25) is 0 Å². The molecule has 0 unspecified atom stereocenters. The second-order valence-electron chi connectivity index (χ2n) is 5.73. The second-order valence-corrected chi connectivity index (χ2v) is 5.73. The molecule has 0 saturated heterocycles. The maximum Gasteiger partial charge on any atom is 0.416 e. The number of hydrogen-bond donors (Lipinski definition) is 1. The molecule has 0 amide bonds. The Hall–Kier alpha value is -2.33. The van der Waals surface area contributed by atoms with Gasteiger partial charge in [0.05, 0.1) is 6.93 Å². The molecule has 136 valence electrons. The maximum absolute atomic E-state index is 13.1. The van der Waals surface area contributed by atoms with Gasteiger partial charge in [-0.3, -0.25) is 0 Å². The lowest BCUT2D eigenvalue weighted by atomic mass is 9.99. The lowest BCUT2D eigenvalue weighted by molar-refractivity contribution is -0.137. The van der Waals surface area contributed by atoms with Crippen LogP contribution >= 0.6 is 0 Å². The molecule has 0 aliphatic rings. The van der Waals surface area contributed by atoms with Crippen molar-refractivity contribution in [2.45, 2.75) is 31.9 Å². The van der Waals surface area contributed by atoms with Crippen LogP contribution < -0.4 is 5.32 Å². The van der Waals surface area contributed by atoms with Gasteiger partial charge in [0.1, 0.15) is 0 Å². The van der Waals surface area contributed by atoms with Crippen molar-refractivity contribution in [3.63, 3.8) is 0 Å². The lowest BCUT2D eigenvalue weighted by Gasteiger charge is -2.17. The molecule has 0 radical (unpaired) electrons. The Morgan fingerprint density at radius 3 is 2.58 bits per heavy atom. The minimum absolute atomic E-state index is 0.333. The van der Waals surface area contributed by atoms with Crippen LogP contribution in [0.3, 0.4) is 0 Å². The van der Waals surface area contributed by atoms with Gasteiger partial charge in [-0.15, -0.1) is 0 Å². The molecule has 0 aromatic heterocycles. The second kappa shape index (κ2) is 7.92. The van der Waals surface area contributed by atoms with Gasteiger partial charge in [0.2, 0.25) is 0 Å². The molecule has 0 aliphatic carbocycles. The molecule has 0 spiro atoms. The number of nitrogens with one attached hydrogen (secondary N) is 1. The molecule has 3 rings (SSSR count). The van der Waals surface area contributed by atoms with E-state index in [0.29, 0.717) is 17.0 Å². The predicted molar refractivity (Wildman–Crippen MR) is 100 cm³/mol. The molecular weight excluding hydrogens is 335 g/mol. The van der Waals surface area contributed by atoms with Crippen molar-refractivity contribution in [2.75, 3.05) is 6.50 Å². The van der Waals surface area contributed by atoms with Gasteiger partial charge in [0, 0.05) is 14.2 Å². The molecule has 0 aliphatic heterocycles. The van der Waals surface area contributed by atoms with Crippen LogP contribution in [0.25, 0.3) is 10.8 Å². The Morgan fingerprint density at radius 2 is 1.77 bits per heavy atom. The summed E-state index contributed by atoms with van der Waals surface area (Å²) in [6.07, 6.45) is -11.3. The molecule has 0 bridgehead atoms. The van der Waals surface area contributed by atoms with E-state index in [1.807, 2.05) is 0 Å². The molecule has 3 aromatic rings. The van der Waals surface area contributed by atoms with E-state index >= 15 is 0 Å². The fraction of sp³-hybridized carbons (Fsp3) is 0.273. The summed E-state index contributed by atoms with van der Waals surface area (Å²) in [5.41, 5.74) is -1.50. The number of hydrogen-bond acceptors (Lipinski definition) is 1. The minimum atomic E-state index is -4.77. The minimum Gasteiger partial charge on any atom is -0.310 e. The first-order valence-corrected chi connectivity index (χ1v) is 7.96. The molecule has 3 aromatic carbocycles. The largest absolute Gasteiger partial charge is 0.416 e. The van der Waals surface area contributed by atoms with Crippen LogP contribution in [0, 0.1) is 0 Å². The van der Waals surface area contributed by atoms with Crippen LogP contribution in [0.1, 0.15) is 45.6 Å². The zero-order valence-electron chi connectivity index (χ0n) is 21.0. The van der Waals surface area contributed by atoms with Crippen LogP contribution in [-0.2, 0) is 12.5 Å². The van der Waals surface area contributed by atoms with Gasteiger partial charge >= 0.3 is 6.18 Å². The van der Waals surface area contributed by atoms with Crippen LogP contribution in [0.15, 0.2) is 66.7 Å². The number of alkyl halides is 3. The Bertz CT molecular complexity index is 1150. The van der Waals surface area contributed by atoms with E-state index < -0.39 is 42.6 Å². The highest BCUT2D eigenvalue weighted by Gasteiger charge is 2.30. The highest BCUT2D eigenvalue weighted by Crippen LogP contribution is 2.29. The first-order chi connectivity index (χ1) is 15.0. The van der Waals surface area contributed by atoms with E-state index in [1.54, 1.807) is 42.5 Å². The van der Waals surface area contributed by atoms with Gasteiger partial charge in [0.15, 0.2) is 0 Å². The summed E-state index contributed by atoms with van der Waals surface area (Å²) >= 11 is 0. The van der Waals surface area contributed by atoms with E-state index in [0.717, 1.165) is 23.6 Å². The summed E-state index contributed by atoms with van der Waals surface area (Å²) in [5, 5.41) is 3.67. The zero-order valence-corrected chi connectivity index (χ0v) is 14.0. The molecule has 26 heavy (non-hydrogen) atoms. The van der Waals surface area contributed by atoms with Gasteiger partial charge < -0.3 is 5.32 Å². The van der Waals surface area contributed by atoms with Gasteiger partial charge in [-0.2, -0.15) is 13.2 Å². The van der Waals surface area contributed by atoms with E-state index in [2.05, 4.69) is 5.32 Å². The first kappa shape index (κ1) is 11.4. The SMILES string of the molecule is [2H]C([2H])(N[C@@]([2H])(C)c1cccc2ccccc12)C([2H])([2H])C([2H])([2H])c1cccc(C(F)(F)F)c1. The van der Waals surface area contributed by atoms with Crippen molar-refractivity contribution in [1.82, 2.24) is 5.32 Å². The average molecular weight is 364 g/mol. The molecule has 1 N–H and O–H groups in total. The van der Waals surface area contributed by atoms with Gasteiger partial charge in [0.25, 0.3) is 0 Å². The van der Waals surface area contributed by atoms with Crippen molar-refractivity contribution in [3.8, 4) is 0 Å². The third kappa shape index (κ3) is 4.44. The van der Waals surface area contributed by atoms with E-state index in [-0.39, 0.29) is 0 Å². The first-order valence-electron chi connectivity index (χ1n) is 11.5. The van der Waals surface area contributed by atoms with Crippen molar-refractivity contribution in [3.05, 3.63) is 83.4 Å². The van der Waals surface area contributed by atoms with E-state index in [1.165, 1.54) is 6.92 Å². The third-order valence-corrected chi connectivity index (χ3v) is 3.90. The number of rotatable bonds is 6. The predicted octanol–water partition coefficient (Wildman–Crippen LogP) is 6.14. The van der Waals surface area contributed by atoms with Crippen LogP contribution in [0.5, 0.6) is 0 Å². The normalized spacial score (nSPS) is 19.9. The summed E-state index contributed by atoms with van der Waals surface area (Å²) in [7, 11) is 0. The molecular formula is C22H22F3N. The summed E-state index contributed by atoms with van der Waals surface area (Å²) in [5.74, 6) is 0. The van der Waals surface area contributed by atoms with Crippen LogP contribution in [0.4, 0.5) is 13.2 Å². The molecule has 0 heterocycles. The van der Waals surface area contributed by atoms with Gasteiger partial charge in [-0.05, 0) is 54.1 Å². The van der Waals surface area contributed by atoms with Crippen molar-refractivity contribution < 1.29 is 22.8 Å². The Kier molecular flexibility index (Phi) is 3.47. The lowest BCUT2D eigenvalue weighted by Crippen LogP contribution is -2.20. The average Bonchev–Trinajstić information content (AvgIpc) is 2.71. The fourth-order valence-electron chi connectivity index (χ4n) is 2.62. The van der Waals surface area contributed by atoms with Gasteiger partial charge in [-0.1, -0.05) is 60.7 Å². The molecule has 0 fully saturated rings. The maximum atomic E-state index is 13.1. The van der Waals surface area contributed by atoms with Crippen molar-refractivity contribution in [2.24, 2.45) is 0 Å². The highest BCUT2D eigenvalue weighted by atomic mass is 19.4. The summed E-state index contributed by atoms with van der Waals surface area (Å²) < 4.78 is 97.7. The monoisotopic (exact) mass is 364 g/mol. The number of fused-ring (bicyclic) bond motifs is 1. The topological polar surface area (TPSA) is 12.0 Å². The Labute approximate surface area is 161 Å². The highest BCUT2D eigenvalue weighted by molar-refractivity contribution is 5.86. The smallest absolute Gasteiger partial charge is 0.310 e. The Morgan fingerprint density at radius 1 is 1.04 bits per heavy atom. The summed E-state index contributed by atoms with van der Waals surface area (Å²) in [6, 6.07) is 13.3. The molecule has 1 nitrogen and oxygen atoms in total. The number of benzene rings is 3. The molecule has 4 heteroatoms. The van der Waals surface area contributed by atoms with Crippen molar-refractivity contribution >= 4 is 10.8 Å². The Balaban J connectivity index is 2.01. The number of aryl methyl sites for hydroxylation is 1. The fourth-order valence-corrected chi connectivity index (χ4v) is 2.62. The summed E-state index contributed by atoms with van der Waals surface area (Å²) in [4.78, 5) is 0. The zero-order chi connectivity index (χ0) is 24.9. The van der Waals surface area contributed by atoms with Crippen LogP contribution in [-0.4, -0.2) is 6.50 Å². The van der Waals surface area contributed by atoms with Gasteiger partial charge in [-0.25, -0.2) is 0 Å².